The van der Waals surface area contributed by atoms with Gasteiger partial charge in [0.2, 0.25) is 0 Å². The van der Waals surface area contributed by atoms with E-state index in [1.54, 1.807) is 6.92 Å². The fourth-order valence-electron chi connectivity index (χ4n) is 1.36. The predicted octanol–water partition coefficient (Wildman–Crippen LogP) is 4.09. The van der Waals surface area contributed by atoms with Gasteiger partial charge >= 0.3 is 12.1 Å². The Bertz CT molecular complexity index is 525. The second-order valence-corrected chi connectivity index (χ2v) is 5.09. The minimum Gasteiger partial charge on any atom is -0.446 e. The van der Waals surface area contributed by atoms with Gasteiger partial charge in [0.1, 0.15) is 11.9 Å². The number of hydrogen-bond acceptors (Lipinski definition) is 4. The van der Waals surface area contributed by atoms with E-state index in [1.165, 1.54) is 12.1 Å². The normalized spacial score (nSPS) is 11.9. The minimum atomic E-state index is -1.40. The summed E-state index contributed by atoms with van der Waals surface area (Å²) in [7, 11) is 0. The number of amides is 1. The third kappa shape index (κ3) is 5.40. The first-order valence-corrected chi connectivity index (χ1v) is 6.97. The third-order valence-corrected chi connectivity index (χ3v) is 2.72. The first kappa shape index (κ1) is 17.5. The van der Waals surface area contributed by atoms with Gasteiger partial charge in [-0.2, -0.15) is 0 Å². The SMILES string of the molecule is CCC(C)OC(=O)Nc1c(F)cccc1C(=O)OC(Cl)Cl. The van der Waals surface area contributed by atoms with E-state index in [0.29, 0.717) is 6.42 Å². The quantitative estimate of drug-likeness (QED) is 0.649. The summed E-state index contributed by atoms with van der Waals surface area (Å²) >= 11 is 10.6. The largest absolute Gasteiger partial charge is 0.446 e. The number of rotatable bonds is 5. The zero-order valence-corrected chi connectivity index (χ0v) is 12.9. The number of carbonyl (C=O) groups is 2. The lowest BCUT2D eigenvalue weighted by Gasteiger charge is -2.14. The molecule has 0 spiro atoms. The molecule has 1 aromatic carbocycles. The van der Waals surface area contributed by atoms with E-state index in [0.717, 1.165) is 6.07 Å². The van der Waals surface area contributed by atoms with Crippen LogP contribution in [0, 0.1) is 5.82 Å². The standard InChI is InChI=1S/C13H14Cl2FNO4/c1-3-7(2)20-13(19)17-10-8(5-4-6-9(10)16)11(18)21-12(14)15/h4-7,12H,3H2,1-2H3,(H,17,19). The first-order chi connectivity index (χ1) is 9.85. The lowest BCUT2D eigenvalue weighted by atomic mass is 10.1. The second kappa shape index (κ2) is 8.05. The molecule has 1 aromatic rings. The molecule has 1 amide bonds. The number of alkyl halides is 2. The number of ether oxygens (including phenoxy) is 2. The molecule has 0 saturated carbocycles. The van der Waals surface area contributed by atoms with Gasteiger partial charge in [-0.05, 0) is 25.5 Å². The molecule has 0 bridgehead atoms. The number of anilines is 1. The molecule has 116 valence electrons. The van der Waals surface area contributed by atoms with Crippen LogP contribution in [0.1, 0.15) is 30.6 Å². The highest BCUT2D eigenvalue weighted by Crippen LogP contribution is 2.22. The summed E-state index contributed by atoms with van der Waals surface area (Å²) in [6.45, 7) is 3.51. The summed E-state index contributed by atoms with van der Waals surface area (Å²) in [6.07, 6.45) is -0.626. The Labute approximate surface area is 131 Å². The van der Waals surface area contributed by atoms with Crippen LogP contribution in [0.5, 0.6) is 0 Å². The van der Waals surface area contributed by atoms with E-state index in [1.807, 2.05) is 6.92 Å². The van der Waals surface area contributed by atoms with Crippen molar-refractivity contribution in [3.05, 3.63) is 29.6 Å². The average molecular weight is 338 g/mol. The molecule has 0 aromatic heterocycles. The maximum absolute atomic E-state index is 13.8. The van der Waals surface area contributed by atoms with Gasteiger partial charge in [0.15, 0.2) is 0 Å². The number of hydrogen-bond donors (Lipinski definition) is 1. The number of esters is 1. The van der Waals surface area contributed by atoms with Crippen LogP contribution in [0.3, 0.4) is 0 Å². The molecule has 8 heteroatoms. The number of para-hydroxylation sites is 1. The van der Waals surface area contributed by atoms with Crippen molar-refractivity contribution < 1.29 is 23.5 Å². The van der Waals surface area contributed by atoms with Crippen molar-refractivity contribution in [2.45, 2.75) is 31.4 Å². The monoisotopic (exact) mass is 337 g/mol. The number of benzene rings is 1. The van der Waals surface area contributed by atoms with Gasteiger partial charge in [-0.1, -0.05) is 36.2 Å². The molecular formula is C13H14Cl2FNO4. The second-order valence-electron chi connectivity index (χ2n) is 4.08. The van der Waals surface area contributed by atoms with Gasteiger partial charge in [0, 0.05) is 0 Å². The smallest absolute Gasteiger partial charge is 0.411 e. The fraction of sp³-hybridized carbons (Fsp3) is 0.385. The zero-order valence-electron chi connectivity index (χ0n) is 11.4. The lowest BCUT2D eigenvalue weighted by molar-refractivity contribution is 0.0536. The van der Waals surface area contributed by atoms with Crippen molar-refractivity contribution in [3.63, 3.8) is 0 Å². The highest BCUT2D eigenvalue weighted by molar-refractivity contribution is 6.43. The summed E-state index contributed by atoms with van der Waals surface area (Å²) in [5.74, 6) is -1.78. The molecule has 21 heavy (non-hydrogen) atoms. The van der Waals surface area contributed by atoms with Gasteiger partial charge < -0.3 is 9.47 Å². The predicted molar refractivity (Wildman–Crippen MR) is 77.2 cm³/mol. The first-order valence-electron chi connectivity index (χ1n) is 6.10. The third-order valence-electron chi connectivity index (χ3n) is 2.54. The molecule has 0 aliphatic heterocycles. The van der Waals surface area contributed by atoms with Crippen molar-refractivity contribution in [1.29, 1.82) is 0 Å². The van der Waals surface area contributed by atoms with Crippen LogP contribution in [-0.4, -0.2) is 23.2 Å². The lowest BCUT2D eigenvalue weighted by Crippen LogP contribution is -2.22. The van der Waals surface area contributed by atoms with Crippen molar-refractivity contribution in [3.8, 4) is 0 Å². The topological polar surface area (TPSA) is 64.6 Å². The van der Waals surface area contributed by atoms with Crippen LogP contribution in [0.2, 0.25) is 0 Å². The van der Waals surface area contributed by atoms with Gasteiger partial charge in [-0.15, -0.1) is 0 Å². The van der Waals surface area contributed by atoms with Crippen molar-refractivity contribution >= 4 is 41.0 Å². The Morgan fingerprint density at radius 3 is 2.57 bits per heavy atom. The molecule has 0 heterocycles. The number of carbonyl (C=O) groups excluding carboxylic acids is 2. The van der Waals surface area contributed by atoms with Gasteiger partial charge in [-0.3, -0.25) is 5.32 Å². The van der Waals surface area contributed by atoms with Gasteiger partial charge in [0.05, 0.1) is 11.3 Å². The summed E-state index contributed by atoms with van der Waals surface area (Å²) in [6, 6.07) is 3.63. The fourth-order valence-corrected chi connectivity index (χ4v) is 1.53. The molecule has 1 unspecified atom stereocenters. The van der Waals surface area contributed by atoms with E-state index in [-0.39, 0.29) is 17.4 Å². The molecule has 0 aliphatic carbocycles. The number of nitrogens with one attached hydrogen (secondary N) is 1. The van der Waals surface area contributed by atoms with Gasteiger partial charge in [0.25, 0.3) is 5.02 Å². The highest BCUT2D eigenvalue weighted by atomic mass is 35.5. The van der Waals surface area contributed by atoms with E-state index >= 15 is 0 Å². The van der Waals surface area contributed by atoms with Gasteiger partial charge in [-0.25, -0.2) is 14.0 Å². The Hall–Kier alpha value is -1.53. The van der Waals surface area contributed by atoms with Crippen LogP contribution >= 0.6 is 23.2 Å². The molecule has 1 rings (SSSR count). The summed E-state index contributed by atoms with van der Waals surface area (Å²) in [5, 5.41) is 0.773. The van der Waals surface area contributed by atoms with Crippen LogP contribution in [0.4, 0.5) is 14.9 Å². The van der Waals surface area contributed by atoms with Crippen LogP contribution in [0.15, 0.2) is 18.2 Å². The maximum Gasteiger partial charge on any atom is 0.411 e. The van der Waals surface area contributed by atoms with Crippen molar-refractivity contribution in [2.75, 3.05) is 5.32 Å². The Balaban J connectivity index is 2.95. The van der Waals surface area contributed by atoms with Crippen LogP contribution in [-0.2, 0) is 9.47 Å². The Morgan fingerprint density at radius 1 is 1.33 bits per heavy atom. The zero-order chi connectivity index (χ0) is 16.0. The Morgan fingerprint density at radius 2 is 2.00 bits per heavy atom. The van der Waals surface area contributed by atoms with E-state index < -0.39 is 22.9 Å². The van der Waals surface area contributed by atoms with Crippen molar-refractivity contribution in [1.82, 2.24) is 0 Å². The van der Waals surface area contributed by atoms with Crippen LogP contribution in [0.25, 0.3) is 0 Å². The minimum absolute atomic E-state index is 0.220. The number of halogens is 3. The molecule has 1 atom stereocenters. The van der Waals surface area contributed by atoms with E-state index in [9.17, 15) is 14.0 Å². The summed E-state index contributed by atoms with van der Waals surface area (Å²) in [4.78, 5) is 23.4. The van der Waals surface area contributed by atoms with Crippen LogP contribution < -0.4 is 5.32 Å². The highest BCUT2D eigenvalue weighted by Gasteiger charge is 2.21. The van der Waals surface area contributed by atoms with E-state index in [2.05, 4.69) is 10.1 Å². The van der Waals surface area contributed by atoms with E-state index in [4.69, 9.17) is 27.9 Å². The maximum atomic E-state index is 13.8. The molecule has 0 radical (unpaired) electrons. The molecule has 5 nitrogen and oxygen atoms in total. The van der Waals surface area contributed by atoms with Crippen molar-refractivity contribution in [2.24, 2.45) is 0 Å². The molecular weight excluding hydrogens is 324 g/mol. The summed E-state index contributed by atoms with van der Waals surface area (Å²) in [5.41, 5.74) is -0.577. The average Bonchev–Trinajstić information content (AvgIpc) is 2.39. The molecule has 0 aliphatic rings. The molecule has 0 fully saturated rings. The molecule has 0 saturated heterocycles. The molecule has 1 N–H and O–H groups in total. The summed E-state index contributed by atoms with van der Waals surface area (Å²) < 4.78 is 23.3. The Kier molecular flexibility index (Phi) is 6.71.